The Morgan fingerprint density at radius 2 is 1.92 bits per heavy atom. The van der Waals surface area contributed by atoms with Gasteiger partial charge in [0.15, 0.2) is 0 Å². The highest BCUT2D eigenvalue weighted by molar-refractivity contribution is 4.90. The Kier molecular flexibility index (Phi) is 6.23. The van der Waals surface area contributed by atoms with Gasteiger partial charge < -0.3 is 19.7 Å². The number of rotatable bonds is 5. The molecule has 0 saturated carbocycles. The number of ether oxygens (including phenoxy) is 2. The quantitative estimate of drug-likeness (QED) is 0.836. The zero-order valence-electron chi connectivity index (χ0n) is 16.2. The lowest BCUT2D eigenvalue weighted by Crippen LogP contribution is -2.51. The van der Waals surface area contributed by atoms with E-state index in [2.05, 4.69) is 37.9 Å². The summed E-state index contributed by atoms with van der Waals surface area (Å²) in [4.78, 5) is 2.62. The maximum Gasteiger partial charge on any atom is 0.0702 e. The van der Waals surface area contributed by atoms with Crippen molar-refractivity contribution in [3.63, 3.8) is 0 Å². The summed E-state index contributed by atoms with van der Waals surface area (Å²) in [5.74, 6) is 1.39. The molecular weight excluding hydrogens is 300 g/mol. The molecule has 0 amide bonds. The fourth-order valence-corrected chi connectivity index (χ4v) is 4.88. The highest BCUT2D eigenvalue weighted by Crippen LogP contribution is 2.34. The highest BCUT2D eigenvalue weighted by Gasteiger charge is 2.38. The Morgan fingerprint density at radius 3 is 2.58 bits per heavy atom. The number of piperidine rings is 1. The lowest BCUT2D eigenvalue weighted by molar-refractivity contribution is 0.00526. The van der Waals surface area contributed by atoms with E-state index in [4.69, 9.17) is 9.47 Å². The van der Waals surface area contributed by atoms with Crippen molar-refractivity contribution in [2.45, 2.75) is 71.6 Å². The van der Waals surface area contributed by atoms with Crippen LogP contribution in [0.3, 0.4) is 0 Å². The number of likely N-dealkylation sites (tertiary alicyclic amines) is 1. The van der Waals surface area contributed by atoms with Gasteiger partial charge in [0, 0.05) is 44.8 Å². The Morgan fingerprint density at radius 1 is 1.08 bits per heavy atom. The Bertz CT molecular complexity index is 390. The molecule has 1 N–H and O–H groups in total. The van der Waals surface area contributed by atoms with Crippen LogP contribution >= 0.6 is 0 Å². The first-order valence-electron chi connectivity index (χ1n) is 10.1. The second-order valence-electron chi connectivity index (χ2n) is 9.38. The molecule has 3 aliphatic heterocycles. The standard InChI is InChI=1S/C20H38N2O2/c1-15-13-22(14-17-6-5-10-23-17)9-7-18(15)21-12-16-8-11-24-19(16)20(2,3)4/h15-19,21H,5-14H2,1-4H3/t15-,16-,17+,18-,19+/m1/s1. The molecule has 4 heteroatoms. The molecule has 4 nitrogen and oxygen atoms in total. The molecule has 0 spiro atoms. The lowest BCUT2D eigenvalue weighted by atomic mass is 9.81. The number of nitrogens with zero attached hydrogens (tertiary/aromatic N) is 1. The van der Waals surface area contributed by atoms with E-state index in [-0.39, 0.29) is 5.41 Å². The van der Waals surface area contributed by atoms with Gasteiger partial charge in [0.1, 0.15) is 0 Å². The van der Waals surface area contributed by atoms with Gasteiger partial charge in [-0.1, -0.05) is 27.7 Å². The van der Waals surface area contributed by atoms with Crippen LogP contribution in [0, 0.1) is 17.3 Å². The molecule has 0 aromatic heterocycles. The van der Waals surface area contributed by atoms with Crippen LogP contribution in [-0.4, -0.2) is 62.5 Å². The van der Waals surface area contributed by atoms with Crippen LogP contribution in [0.4, 0.5) is 0 Å². The van der Waals surface area contributed by atoms with Crippen LogP contribution in [0.1, 0.15) is 53.4 Å². The molecule has 3 aliphatic rings. The molecular formula is C20H38N2O2. The first kappa shape index (κ1) is 18.6. The number of nitrogens with one attached hydrogen (secondary N) is 1. The molecule has 3 heterocycles. The summed E-state index contributed by atoms with van der Waals surface area (Å²) in [6, 6.07) is 0.659. The Hall–Kier alpha value is -0.160. The minimum atomic E-state index is 0.249. The predicted octanol–water partition coefficient (Wildman–Crippen LogP) is 2.92. The minimum absolute atomic E-state index is 0.249. The van der Waals surface area contributed by atoms with Crippen molar-refractivity contribution in [1.29, 1.82) is 0 Å². The molecule has 0 aliphatic carbocycles. The molecule has 3 saturated heterocycles. The summed E-state index contributed by atoms with van der Waals surface area (Å²) in [5.41, 5.74) is 0.249. The van der Waals surface area contributed by atoms with Crippen LogP contribution < -0.4 is 5.32 Å². The van der Waals surface area contributed by atoms with Gasteiger partial charge in [0.2, 0.25) is 0 Å². The van der Waals surface area contributed by atoms with Crippen LogP contribution in [0.15, 0.2) is 0 Å². The van der Waals surface area contributed by atoms with Crippen LogP contribution in [0.2, 0.25) is 0 Å². The smallest absolute Gasteiger partial charge is 0.0702 e. The third-order valence-corrected chi connectivity index (χ3v) is 6.19. The third kappa shape index (κ3) is 4.72. The highest BCUT2D eigenvalue weighted by atomic mass is 16.5. The molecule has 0 unspecified atom stereocenters. The zero-order chi connectivity index (χ0) is 17.2. The van der Waals surface area contributed by atoms with Crippen molar-refractivity contribution in [3.8, 4) is 0 Å². The van der Waals surface area contributed by atoms with E-state index in [9.17, 15) is 0 Å². The predicted molar refractivity (Wildman–Crippen MR) is 98.3 cm³/mol. The van der Waals surface area contributed by atoms with Crippen LogP contribution in [0.5, 0.6) is 0 Å². The summed E-state index contributed by atoms with van der Waals surface area (Å²) in [6.45, 7) is 15.9. The van der Waals surface area contributed by atoms with E-state index in [0.717, 1.165) is 32.2 Å². The van der Waals surface area contributed by atoms with Crippen molar-refractivity contribution >= 4 is 0 Å². The van der Waals surface area contributed by atoms with Crippen molar-refractivity contribution in [3.05, 3.63) is 0 Å². The van der Waals surface area contributed by atoms with Gasteiger partial charge in [-0.15, -0.1) is 0 Å². The minimum Gasteiger partial charge on any atom is -0.377 e. The van der Waals surface area contributed by atoms with Crippen molar-refractivity contribution in [2.24, 2.45) is 17.3 Å². The fourth-order valence-electron chi connectivity index (χ4n) is 4.88. The summed E-state index contributed by atoms with van der Waals surface area (Å²) in [6.07, 6.45) is 5.87. The van der Waals surface area contributed by atoms with Crippen molar-refractivity contribution < 1.29 is 9.47 Å². The number of hydrogen-bond donors (Lipinski definition) is 1. The van der Waals surface area contributed by atoms with Crippen molar-refractivity contribution in [2.75, 3.05) is 39.4 Å². The number of hydrogen-bond acceptors (Lipinski definition) is 4. The summed E-state index contributed by atoms with van der Waals surface area (Å²) >= 11 is 0. The molecule has 0 aromatic carbocycles. The maximum absolute atomic E-state index is 6.03. The summed E-state index contributed by atoms with van der Waals surface area (Å²) < 4.78 is 11.8. The van der Waals surface area contributed by atoms with Gasteiger partial charge in [-0.25, -0.2) is 0 Å². The lowest BCUT2D eigenvalue weighted by Gasteiger charge is -2.39. The average Bonchev–Trinajstić information content (AvgIpc) is 3.17. The van der Waals surface area contributed by atoms with Crippen LogP contribution in [0.25, 0.3) is 0 Å². The Balaban J connectivity index is 1.42. The van der Waals surface area contributed by atoms with Crippen LogP contribution in [-0.2, 0) is 9.47 Å². The maximum atomic E-state index is 6.03. The summed E-state index contributed by atoms with van der Waals surface area (Å²) in [7, 11) is 0. The molecule has 24 heavy (non-hydrogen) atoms. The molecule has 140 valence electrons. The van der Waals surface area contributed by atoms with E-state index in [0.29, 0.717) is 24.2 Å². The normalized spacial score (nSPS) is 38.8. The Labute approximate surface area is 148 Å². The van der Waals surface area contributed by atoms with Crippen molar-refractivity contribution in [1.82, 2.24) is 10.2 Å². The first-order valence-corrected chi connectivity index (χ1v) is 10.1. The molecule has 3 fully saturated rings. The monoisotopic (exact) mass is 338 g/mol. The second-order valence-corrected chi connectivity index (χ2v) is 9.38. The molecule has 0 radical (unpaired) electrons. The molecule has 0 bridgehead atoms. The molecule has 0 aromatic rings. The van der Waals surface area contributed by atoms with Gasteiger partial charge >= 0.3 is 0 Å². The van der Waals surface area contributed by atoms with E-state index in [1.165, 1.54) is 38.8 Å². The first-order chi connectivity index (χ1) is 11.4. The van der Waals surface area contributed by atoms with E-state index < -0.39 is 0 Å². The largest absolute Gasteiger partial charge is 0.377 e. The third-order valence-electron chi connectivity index (χ3n) is 6.19. The average molecular weight is 339 g/mol. The van der Waals surface area contributed by atoms with E-state index in [1.54, 1.807) is 0 Å². The molecule has 5 atom stereocenters. The van der Waals surface area contributed by atoms with Gasteiger partial charge in [-0.05, 0) is 43.6 Å². The van der Waals surface area contributed by atoms with Gasteiger partial charge in [0.05, 0.1) is 12.2 Å². The second kappa shape index (κ2) is 8.03. The zero-order valence-corrected chi connectivity index (χ0v) is 16.2. The fraction of sp³-hybridized carbons (Fsp3) is 1.00. The topological polar surface area (TPSA) is 33.7 Å². The SMILES string of the molecule is C[C@@H]1CN(C[C@@H]2CCCO2)CC[C@H]1NC[C@H]1CCO[C@@H]1C(C)(C)C. The summed E-state index contributed by atoms with van der Waals surface area (Å²) in [5, 5.41) is 3.89. The van der Waals surface area contributed by atoms with E-state index in [1.807, 2.05) is 0 Å². The van der Waals surface area contributed by atoms with Gasteiger partial charge in [-0.3, -0.25) is 0 Å². The van der Waals surface area contributed by atoms with E-state index >= 15 is 0 Å². The van der Waals surface area contributed by atoms with Gasteiger partial charge in [-0.2, -0.15) is 0 Å². The molecule has 3 rings (SSSR count). The van der Waals surface area contributed by atoms with Gasteiger partial charge in [0.25, 0.3) is 0 Å².